The molecular weight excluding hydrogens is 488 g/mol. The van der Waals surface area contributed by atoms with Crippen molar-refractivity contribution in [3.8, 4) is 46.0 Å². The summed E-state index contributed by atoms with van der Waals surface area (Å²) in [5, 5.41) is 80.6. The molecule has 8 nitrogen and oxygen atoms in total. The van der Waals surface area contributed by atoms with Gasteiger partial charge in [0.2, 0.25) is 0 Å². The van der Waals surface area contributed by atoms with Crippen molar-refractivity contribution in [2.45, 2.75) is 31.6 Å². The van der Waals surface area contributed by atoms with Crippen molar-refractivity contribution in [3.63, 3.8) is 0 Å². The zero-order valence-electron chi connectivity index (χ0n) is 20.5. The van der Waals surface area contributed by atoms with Crippen LogP contribution in [0.25, 0.3) is 0 Å². The Kier molecular flexibility index (Phi) is 7.71. The van der Waals surface area contributed by atoms with Gasteiger partial charge >= 0.3 is 0 Å². The molecule has 0 aliphatic rings. The van der Waals surface area contributed by atoms with Crippen LogP contribution in [0.1, 0.15) is 34.6 Å². The van der Waals surface area contributed by atoms with Gasteiger partial charge in [-0.15, -0.1) is 0 Å². The predicted molar refractivity (Wildman–Crippen MR) is 141 cm³/mol. The maximum absolute atomic E-state index is 10.2. The average Bonchev–Trinajstić information content (AvgIpc) is 2.78. The molecule has 0 unspecified atom stereocenters. The highest BCUT2D eigenvalue weighted by Crippen LogP contribution is 2.39. The van der Waals surface area contributed by atoms with E-state index in [1.165, 1.54) is 36.4 Å². The van der Waals surface area contributed by atoms with Gasteiger partial charge in [0.25, 0.3) is 0 Å². The van der Waals surface area contributed by atoms with Crippen molar-refractivity contribution in [1.82, 2.24) is 0 Å². The molecule has 0 aliphatic carbocycles. The number of benzene rings is 4. The first-order chi connectivity index (χ1) is 18.0. The van der Waals surface area contributed by atoms with Gasteiger partial charge in [0, 0.05) is 24.3 Å². The molecule has 4 rings (SSSR count). The quantitative estimate of drug-likeness (QED) is 0.151. The van der Waals surface area contributed by atoms with Gasteiger partial charge in [-0.25, -0.2) is 0 Å². The zero-order chi connectivity index (χ0) is 27.4. The smallest absolute Gasteiger partial charge is 0.119 e. The van der Waals surface area contributed by atoms with Crippen LogP contribution in [-0.4, -0.2) is 40.9 Å². The molecule has 8 heteroatoms. The fourth-order valence-corrected chi connectivity index (χ4v) is 5.09. The summed E-state index contributed by atoms with van der Waals surface area (Å²) >= 11 is 0. The lowest BCUT2D eigenvalue weighted by atomic mass is 9.75. The Balaban J connectivity index is 1.77. The van der Waals surface area contributed by atoms with Gasteiger partial charge in [0.1, 0.15) is 46.0 Å². The van der Waals surface area contributed by atoms with Gasteiger partial charge in [-0.05, 0) is 108 Å². The second-order valence-corrected chi connectivity index (χ2v) is 9.67. The molecule has 4 aromatic rings. The summed E-state index contributed by atoms with van der Waals surface area (Å²) in [5.41, 5.74) is 2.57. The van der Waals surface area contributed by atoms with Crippen LogP contribution in [0, 0.1) is 5.92 Å². The summed E-state index contributed by atoms with van der Waals surface area (Å²) in [4.78, 5) is 0. The summed E-state index contributed by atoms with van der Waals surface area (Å²) in [5.74, 6) is -1.41. The van der Waals surface area contributed by atoms with Crippen LogP contribution in [0.15, 0.2) is 72.8 Å². The monoisotopic (exact) mass is 518 g/mol. The molecule has 0 saturated carbocycles. The van der Waals surface area contributed by atoms with Gasteiger partial charge in [0.15, 0.2) is 0 Å². The third-order valence-corrected chi connectivity index (χ3v) is 6.57. The molecule has 198 valence electrons. The first kappa shape index (κ1) is 26.3. The lowest BCUT2D eigenvalue weighted by molar-refractivity contribution is 0.379. The molecule has 0 aromatic heterocycles. The van der Waals surface area contributed by atoms with Crippen molar-refractivity contribution >= 4 is 0 Å². The molecule has 8 N–H and O–H groups in total. The van der Waals surface area contributed by atoms with Crippen LogP contribution in [0.4, 0.5) is 0 Å². The van der Waals surface area contributed by atoms with Crippen LogP contribution in [0.2, 0.25) is 0 Å². The Labute approximate surface area is 219 Å². The summed E-state index contributed by atoms with van der Waals surface area (Å²) in [7, 11) is 0. The van der Waals surface area contributed by atoms with E-state index >= 15 is 0 Å². The summed E-state index contributed by atoms with van der Waals surface area (Å²) in [6.07, 6.45) is 1.64. The summed E-state index contributed by atoms with van der Waals surface area (Å²) in [6.45, 7) is 0. The van der Waals surface area contributed by atoms with E-state index in [9.17, 15) is 40.9 Å². The van der Waals surface area contributed by atoms with Crippen LogP contribution in [-0.2, 0) is 19.3 Å². The lowest BCUT2D eigenvalue weighted by Gasteiger charge is -2.29. The highest BCUT2D eigenvalue weighted by molar-refractivity contribution is 5.43. The second-order valence-electron chi connectivity index (χ2n) is 9.67. The maximum Gasteiger partial charge on any atom is 0.119 e. The average molecular weight is 519 g/mol. The lowest BCUT2D eigenvalue weighted by Crippen LogP contribution is -2.19. The van der Waals surface area contributed by atoms with E-state index in [1.54, 1.807) is 36.4 Å². The maximum atomic E-state index is 10.2. The molecular formula is C30H30O8. The molecule has 0 aliphatic heterocycles. The van der Waals surface area contributed by atoms with E-state index in [4.69, 9.17) is 0 Å². The van der Waals surface area contributed by atoms with Crippen LogP contribution in [0.3, 0.4) is 0 Å². The predicted octanol–water partition coefficient (Wildman–Crippen LogP) is 5.15. The largest absolute Gasteiger partial charge is 0.508 e. The van der Waals surface area contributed by atoms with Crippen molar-refractivity contribution in [2.75, 3.05) is 0 Å². The molecule has 0 spiro atoms. The highest BCUT2D eigenvalue weighted by Gasteiger charge is 2.26. The molecule has 0 radical (unpaired) electrons. The van der Waals surface area contributed by atoms with Gasteiger partial charge < -0.3 is 40.9 Å². The Morgan fingerprint density at radius 1 is 0.395 bits per heavy atom. The Morgan fingerprint density at radius 3 is 1.16 bits per heavy atom. The van der Waals surface area contributed by atoms with Gasteiger partial charge in [-0.2, -0.15) is 0 Å². The number of aromatic hydroxyl groups is 8. The van der Waals surface area contributed by atoms with E-state index in [0.29, 0.717) is 47.9 Å². The Morgan fingerprint density at radius 2 is 0.737 bits per heavy atom. The SMILES string of the molecule is Oc1cc(O)cc(CC[C@H](Cc2cc(O)cc(O)c2)[C@@H](Cc2cc(O)cc(O)c2)c2cc(O)cc(O)c2)c1. The molecule has 0 heterocycles. The normalized spacial score (nSPS) is 12.7. The fraction of sp³-hybridized carbons (Fsp3) is 0.200. The molecule has 4 aromatic carbocycles. The first-order valence-electron chi connectivity index (χ1n) is 12.1. The minimum atomic E-state index is -0.371. The summed E-state index contributed by atoms with van der Waals surface area (Å²) < 4.78 is 0. The minimum Gasteiger partial charge on any atom is -0.508 e. The zero-order valence-corrected chi connectivity index (χ0v) is 20.5. The Hall–Kier alpha value is -4.72. The van der Waals surface area contributed by atoms with Gasteiger partial charge in [0.05, 0.1) is 0 Å². The van der Waals surface area contributed by atoms with E-state index in [2.05, 4.69) is 0 Å². The topological polar surface area (TPSA) is 162 Å². The molecule has 0 amide bonds. The second kappa shape index (κ2) is 11.1. The van der Waals surface area contributed by atoms with Crippen molar-refractivity contribution < 1.29 is 40.9 Å². The van der Waals surface area contributed by atoms with Crippen molar-refractivity contribution in [2.24, 2.45) is 5.92 Å². The number of rotatable bonds is 9. The first-order valence-corrected chi connectivity index (χ1v) is 12.1. The van der Waals surface area contributed by atoms with Crippen molar-refractivity contribution in [1.29, 1.82) is 0 Å². The standard InChI is InChI=1S/C30H30O8/c31-22-4-17(5-23(32)13-22)1-2-20(3-18-6-24(33)14-25(34)7-18)30(21-11-28(37)16-29(38)12-21)10-19-8-26(35)15-27(36)9-19/h4-9,11-16,20,30-38H,1-3,10H2/t20-,30-/m1/s1. The number of phenols is 8. The highest BCUT2D eigenvalue weighted by atomic mass is 16.3. The number of phenolic OH excluding ortho intramolecular Hbond substituents is 8. The molecule has 2 atom stereocenters. The van der Waals surface area contributed by atoms with Crippen molar-refractivity contribution in [3.05, 3.63) is 95.1 Å². The van der Waals surface area contributed by atoms with E-state index in [1.807, 2.05) is 0 Å². The number of aryl methyl sites for hydroxylation is 1. The van der Waals surface area contributed by atoms with E-state index in [-0.39, 0.29) is 57.8 Å². The van der Waals surface area contributed by atoms with Crippen LogP contribution in [0.5, 0.6) is 46.0 Å². The third-order valence-electron chi connectivity index (χ3n) is 6.57. The van der Waals surface area contributed by atoms with Gasteiger partial charge in [-0.3, -0.25) is 0 Å². The molecule has 0 fully saturated rings. The third kappa shape index (κ3) is 6.94. The van der Waals surface area contributed by atoms with E-state index in [0.717, 1.165) is 0 Å². The van der Waals surface area contributed by atoms with Crippen LogP contribution >= 0.6 is 0 Å². The fourth-order valence-electron chi connectivity index (χ4n) is 5.09. The number of hydrogen-bond donors (Lipinski definition) is 8. The van der Waals surface area contributed by atoms with Crippen LogP contribution < -0.4 is 0 Å². The molecule has 0 bridgehead atoms. The molecule has 0 saturated heterocycles. The minimum absolute atomic E-state index is 0.0702. The Bertz CT molecular complexity index is 1350. The number of hydrogen-bond acceptors (Lipinski definition) is 8. The van der Waals surface area contributed by atoms with E-state index < -0.39 is 0 Å². The summed E-state index contributed by atoms with van der Waals surface area (Å²) in [6, 6.07) is 17.3. The molecule has 38 heavy (non-hydrogen) atoms. The van der Waals surface area contributed by atoms with Gasteiger partial charge in [-0.1, -0.05) is 0 Å².